The summed E-state index contributed by atoms with van der Waals surface area (Å²) in [6, 6.07) is 11.3. The van der Waals surface area contributed by atoms with E-state index in [1.54, 1.807) is 0 Å². The molecular formula is C19H23N3O6S. The Balaban J connectivity index is 1.79. The highest BCUT2D eigenvalue weighted by molar-refractivity contribution is 7.89. The number of nitro groups is 1. The molecule has 0 spiro atoms. The molecule has 0 saturated carbocycles. The van der Waals surface area contributed by atoms with E-state index in [4.69, 9.17) is 9.47 Å². The van der Waals surface area contributed by atoms with E-state index in [1.807, 2.05) is 31.2 Å². The van der Waals surface area contributed by atoms with Crippen LogP contribution in [0.25, 0.3) is 0 Å². The summed E-state index contributed by atoms with van der Waals surface area (Å²) in [5, 5.41) is 11.2. The number of nitro benzene ring substituents is 1. The zero-order valence-corrected chi connectivity index (χ0v) is 17.1. The van der Waals surface area contributed by atoms with Gasteiger partial charge in [0, 0.05) is 32.2 Å². The van der Waals surface area contributed by atoms with Gasteiger partial charge in [-0.05, 0) is 31.2 Å². The van der Waals surface area contributed by atoms with Crippen molar-refractivity contribution in [3.63, 3.8) is 0 Å². The van der Waals surface area contributed by atoms with E-state index >= 15 is 0 Å². The Morgan fingerprint density at radius 2 is 1.76 bits per heavy atom. The van der Waals surface area contributed by atoms with Crippen molar-refractivity contribution >= 4 is 21.4 Å². The molecule has 9 nitrogen and oxygen atoms in total. The normalized spacial score (nSPS) is 15.2. The maximum Gasteiger partial charge on any atom is 0.312 e. The number of methoxy groups -OCH3 is 1. The number of rotatable bonds is 7. The summed E-state index contributed by atoms with van der Waals surface area (Å²) in [6.07, 6.45) is 0. The first-order chi connectivity index (χ1) is 13.9. The average Bonchev–Trinajstić information content (AvgIpc) is 2.74. The summed E-state index contributed by atoms with van der Waals surface area (Å²) < 4.78 is 37.9. The van der Waals surface area contributed by atoms with Gasteiger partial charge in [-0.25, -0.2) is 8.42 Å². The molecule has 0 radical (unpaired) electrons. The molecule has 1 heterocycles. The molecule has 1 aliphatic rings. The third-order valence-electron chi connectivity index (χ3n) is 4.73. The summed E-state index contributed by atoms with van der Waals surface area (Å²) >= 11 is 0. The standard InChI is InChI=1S/C19H23N3O6S/c1-3-28-19-7-5-4-6-16(19)20-10-12-21(13-11-20)29(25,26)15-8-9-18(27-2)17(14-15)22(23)24/h4-9,14H,3,10-13H2,1-2H3. The number of benzene rings is 2. The van der Waals surface area contributed by atoms with Crippen LogP contribution < -0.4 is 14.4 Å². The molecule has 0 N–H and O–H groups in total. The second-order valence-electron chi connectivity index (χ2n) is 6.38. The monoisotopic (exact) mass is 421 g/mol. The van der Waals surface area contributed by atoms with Crippen molar-refractivity contribution in [3.05, 3.63) is 52.6 Å². The van der Waals surface area contributed by atoms with E-state index in [-0.39, 0.29) is 29.4 Å². The molecule has 2 aromatic rings. The zero-order valence-electron chi connectivity index (χ0n) is 16.3. The van der Waals surface area contributed by atoms with E-state index in [1.165, 1.54) is 23.5 Å². The van der Waals surface area contributed by atoms with Crippen LogP contribution in [-0.4, -0.2) is 57.5 Å². The highest BCUT2D eigenvalue weighted by Gasteiger charge is 2.31. The maximum atomic E-state index is 13.0. The van der Waals surface area contributed by atoms with Crippen LogP contribution in [-0.2, 0) is 10.0 Å². The summed E-state index contributed by atoms with van der Waals surface area (Å²) in [7, 11) is -2.55. The van der Waals surface area contributed by atoms with E-state index in [0.717, 1.165) is 17.5 Å². The molecule has 0 bridgehead atoms. The maximum absolute atomic E-state index is 13.0. The van der Waals surface area contributed by atoms with Gasteiger partial charge < -0.3 is 14.4 Å². The number of ether oxygens (including phenoxy) is 2. The van der Waals surface area contributed by atoms with Gasteiger partial charge in [-0.15, -0.1) is 0 Å². The van der Waals surface area contributed by atoms with E-state index in [9.17, 15) is 18.5 Å². The van der Waals surface area contributed by atoms with Crippen LogP contribution in [0.4, 0.5) is 11.4 Å². The third-order valence-corrected chi connectivity index (χ3v) is 6.62. The quantitative estimate of drug-likeness (QED) is 0.500. The van der Waals surface area contributed by atoms with Gasteiger partial charge >= 0.3 is 5.69 Å². The summed E-state index contributed by atoms with van der Waals surface area (Å²) in [5.74, 6) is 0.781. The Kier molecular flexibility index (Phi) is 6.23. The molecule has 0 amide bonds. The van der Waals surface area contributed by atoms with Crippen LogP contribution in [0.5, 0.6) is 11.5 Å². The molecule has 29 heavy (non-hydrogen) atoms. The molecule has 2 aromatic carbocycles. The lowest BCUT2D eigenvalue weighted by Gasteiger charge is -2.36. The SMILES string of the molecule is CCOc1ccccc1N1CCN(S(=O)(=O)c2ccc(OC)c([N+](=O)[O-])c2)CC1. The Hall–Kier alpha value is -2.85. The van der Waals surface area contributed by atoms with Gasteiger partial charge in [-0.2, -0.15) is 4.31 Å². The van der Waals surface area contributed by atoms with Gasteiger partial charge in [0.15, 0.2) is 5.75 Å². The second kappa shape index (κ2) is 8.66. The van der Waals surface area contributed by atoms with Crippen LogP contribution in [0.1, 0.15) is 6.92 Å². The molecule has 0 aromatic heterocycles. The number of hydrogen-bond donors (Lipinski definition) is 0. The minimum absolute atomic E-state index is 0.0197. The molecule has 1 saturated heterocycles. The second-order valence-corrected chi connectivity index (χ2v) is 8.32. The predicted molar refractivity (Wildman–Crippen MR) is 108 cm³/mol. The number of nitrogens with zero attached hydrogens (tertiary/aromatic N) is 3. The van der Waals surface area contributed by atoms with Gasteiger partial charge in [-0.3, -0.25) is 10.1 Å². The van der Waals surface area contributed by atoms with Crippen molar-refractivity contribution in [1.29, 1.82) is 0 Å². The fraction of sp³-hybridized carbons (Fsp3) is 0.368. The Morgan fingerprint density at radius 1 is 1.07 bits per heavy atom. The minimum atomic E-state index is -3.85. The molecule has 3 rings (SSSR count). The number of piperazine rings is 1. The van der Waals surface area contributed by atoms with Gasteiger partial charge in [0.05, 0.1) is 29.2 Å². The smallest absolute Gasteiger partial charge is 0.312 e. The number of para-hydroxylation sites is 2. The van der Waals surface area contributed by atoms with Crippen molar-refractivity contribution in [2.45, 2.75) is 11.8 Å². The third kappa shape index (κ3) is 4.28. The van der Waals surface area contributed by atoms with Crippen molar-refractivity contribution in [2.75, 3.05) is 44.8 Å². The molecule has 156 valence electrons. The molecule has 10 heteroatoms. The lowest BCUT2D eigenvalue weighted by atomic mass is 10.2. The number of sulfonamides is 1. The number of hydrogen-bond acceptors (Lipinski definition) is 7. The molecule has 1 aliphatic heterocycles. The van der Waals surface area contributed by atoms with E-state index < -0.39 is 14.9 Å². The predicted octanol–water partition coefficient (Wildman–Crippen LogP) is 2.51. The van der Waals surface area contributed by atoms with Crippen molar-refractivity contribution in [3.8, 4) is 11.5 Å². The van der Waals surface area contributed by atoms with Gasteiger partial charge in [-0.1, -0.05) is 12.1 Å². The van der Waals surface area contributed by atoms with Crippen LogP contribution in [0.2, 0.25) is 0 Å². The van der Waals surface area contributed by atoms with Gasteiger partial charge in [0.1, 0.15) is 5.75 Å². The van der Waals surface area contributed by atoms with Crippen LogP contribution in [0.15, 0.2) is 47.4 Å². The fourth-order valence-corrected chi connectivity index (χ4v) is 4.73. The van der Waals surface area contributed by atoms with Crippen LogP contribution in [0, 0.1) is 10.1 Å². The summed E-state index contributed by atoms with van der Waals surface area (Å²) in [6.45, 7) is 3.96. The molecule has 0 aliphatic carbocycles. The van der Waals surface area contributed by atoms with E-state index in [0.29, 0.717) is 19.7 Å². The summed E-state index contributed by atoms with van der Waals surface area (Å²) in [4.78, 5) is 12.5. The Morgan fingerprint density at radius 3 is 2.38 bits per heavy atom. The minimum Gasteiger partial charge on any atom is -0.492 e. The highest BCUT2D eigenvalue weighted by Crippen LogP contribution is 2.32. The highest BCUT2D eigenvalue weighted by atomic mass is 32.2. The first kappa shape index (κ1) is 20.9. The molecular weight excluding hydrogens is 398 g/mol. The Labute approximate surface area is 169 Å². The first-order valence-electron chi connectivity index (χ1n) is 9.17. The molecule has 0 unspecified atom stereocenters. The zero-order chi connectivity index (χ0) is 21.0. The molecule has 1 fully saturated rings. The van der Waals surface area contributed by atoms with Gasteiger partial charge in [0.25, 0.3) is 0 Å². The average molecular weight is 421 g/mol. The van der Waals surface area contributed by atoms with Crippen molar-refractivity contribution in [2.24, 2.45) is 0 Å². The molecule has 0 atom stereocenters. The number of anilines is 1. The van der Waals surface area contributed by atoms with Crippen LogP contribution in [0.3, 0.4) is 0 Å². The Bertz CT molecular complexity index is 987. The topological polar surface area (TPSA) is 102 Å². The largest absolute Gasteiger partial charge is 0.492 e. The first-order valence-corrected chi connectivity index (χ1v) is 10.6. The van der Waals surface area contributed by atoms with E-state index in [2.05, 4.69) is 4.90 Å². The van der Waals surface area contributed by atoms with Crippen molar-refractivity contribution in [1.82, 2.24) is 4.31 Å². The summed E-state index contributed by atoms with van der Waals surface area (Å²) in [5.41, 5.74) is 0.546. The van der Waals surface area contributed by atoms with Crippen LogP contribution >= 0.6 is 0 Å². The lowest BCUT2D eigenvalue weighted by molar-refractivity contribution is -0.386. The lowest BCUT2D eigenvalue weighted by Crippen LogP contribution is -2.48. The fourth-order valence-electron chi connectivity index (χ4n) is 3.29. The van der Waals surface area contributed by atoms with Crippen molar-refractivity contribution < 1.29 is 22.8 Å². The van der Waals surface area contributed by atoms with Gasteiger partial charge in [0.2, 0.25) is 10.0 Å².